The first kappa shape index (κ1) is 24.4. The van der Waals surface area contributed by atoms with E-state index in [1.165, 1.54) is 9.80 Å². The van der Waals surface area contributed by atoms with Crippen molar-refractivity contribution in [3.05, 3.63) is 47.8 Å². The van der Waals surface area contributed by atoms with Crippen LogP contribution >= 0.6 is 0 Å². The maximum Gasteiger partial charge on any atom is 0.317 e. The van der Waals surface area contributed by atoms with E-state index in [1.807, 2.05) is 0 Å². The summed E-state index contributed by atoms with van der Waals surface area (Å²) in [6.07, 6.45) is 0. The second-order valence-corrected chi connectivity index (χ2v) is 6.89. The summed E-state index contributed by atoms with van der Waals surface area (Å²) in [4.78, 5) is 55.2. The van der Waals surface area contributed by atoms with E-state index in [-0.39, 0.29) is 13.1 Å². The standard InChI is InChI=1S/C20H22N4O8/c25-17(26)9-23(10-18(27)28)7-13-3-1-5-15(21-13)16-6-2-4-14(22-16)8-24(11-19(29)30)12-20(31)32/h1-6H,7-12H2,(H,25,26)(H,27,28)(H,29,30)(H,31,32). The molecule has 0 aliphatic heterocycles. The molecular formula is C20H22N4O8. The normalized spacial score (nSPS) is 10.9. The van der Waals surface area contributed by atoms with E-state index < -0.39 is 50.1 Å². The maximum atomic E-state index is 11.0. The van der Waals surface area contributed by atoms with Gasteiger partial charge in [-0.2, -0.15) is 0 Å². The smallest absolute Gasteiger partial charge is 0.317 e. The molecule has 0 spiro atoms. The largest absolute Gasteiger partial charge is 0.480 e. The highest BCUT2D eigenvalue weighted by Gasteiger charge is 2.17. The third-order valence-electron chi connectivity index (χ3n) is 4.08. The Bertz CT molecular complexity index is 886. The predicted molar refractivity (Wildman–Crippen MR) is 109 cm³/mol. The molecule has 0 aliphatic carbocycles. The van der Waals surface area contributed by atoms with E-state index in [9.17, 15) is 19.2 Å². The average Bonchev–Trinajstić information content (AvgIpc) is 2.66. The molecule has 12 nitrogen and oxygen atoms in total. The van der Waals surface area contributed by atoms with Crippen LogP contribution in [0, 0.1) is 0 Å². The van der Waals surface area contributed by atoms with Crippen LogP contribution in [0.4, 0.5) is 0 Å². The summed E-state index contributed by atoms with van der Waals surface area (Å²) < 4.78 is 0. The number of rotatable bonds is 13. The van der Waals surface area contributed by atoms with E-state index >= 15 is 0 Å². The highest BCUT2D eigenvalue weighted by atomic mass is 16.4. The summed E-state index contributed by atoms with van der Waals surface area (Å²) in [5, 5.41) is 35.9. The molecule has 2 rings (SSSR count). The number of carboxylic acids is 4. The molecule has 0 bridgehead atoms. The number of nitrogens with zero attached hydrogens (tertiary/aromatic N) is 4. The van der Waals surface area contributed by atoms with Crippen LogP contribution < -0.4 is 0 Å². The van der Waals surface area contributed by atoms with Crippen LogP contribution in [0.5, 0.6) is 0 Å². The van der Waals surface area contributed by atoms with Crippen LogP contribution in [0.3, 0.4) is 0 Å². The second-order valence-electron chi connectivity index (χ2n) is 6.89. The van der Waals surface area contributed by atoms with Gasteiger partial charge in [-0.3, -0.25) is 29.0 Å². The summed E-state index contributed by atoms with van der Waals surface area (Å²) in [7, 11) is 0. The van der Waals surface area contributed by atoms with Gasteiger partial charge in [-0.15, -0.1) is 0 Å². The minimum atomic E-state index is -1.16. The Morgan fingerprint density at radius 2 is 0.906 bits per heavy atom. The van der Waals surface area contributed by atoms with Crippen LogP contribution in [0.2, 0.25) is 0 Å². The Balaban J connectivity index is 2.21. The lowest BCUT2D eigenvalue weighted by Crippen LogP contribution is -2.34. The Kier molecular flexibility index (Phi) is 8.74. The van der Waals surface area contributed by atoms with Crippen LogP contribution in [-0.2, 0) is 32.3 Å². The minimum Gasteiger partial charge on any atom is -0.480 e. The molecule has 0 radical (unpaired) electrons. The van der Waals surface area contributed by atoms with Gasteiger partial charge in [0.2, 0.25) is 0 Å². The number of hydrogen-bond acceptors (Lipinski definition) is 8. The predicted octanol–water partition coefficient (Wildman–Crippen LogP) is 0.0860. The van der Waals surface area contributed by atoms with E-state index in [1.54, 1.807) is 36.4 Å². The fourth-order valence-electron chi connectivity index (χ4n) is 2.98. The molecule has 2 aromatic rings. The van der Waals surface area contributed by atoms with Gasteiger partial charge in [0.1, 0.15) is 0 Å². The third kappa shape index (κ3) is 8.45. The van der Waals surface area contributed by atoms with Crippen molar-refractivity contribution >= 4 is 23.9 Å². The van der Waals surface area contributed by atoms with Gasteiger partial charge in [0.05, 0.1) is 49.0 Å². The molecule has 0 saturated carbocycles. The third-order valence-corrected chi connectivity index (χ3v) is 4.08. The van der Waals surface area contributed by atoms with E-state index in [0.29, 0.717) is 22.8 Å². The van der Waals surface area contributed by atoms with Crippen LogP contribution in [-0.4, -0.2) is 90.3 Å². The lowest BCUT2D eigenvalue weighted by Gasteiger charge is -2.18. The molecule has 0 fully saturated rings. The van der Waals surface area contributed by atoms with E-state index in [0.717, 1.165) is 0 Å². The highest BCUT2D eigenvalue weighted by molar-refractivity contribution is 5.73. The number of hydrogen-bond donors (Lipinski definition) is 4. The van der Waals surface area contributed by atoms with Crippen molar-refractivity contribution in [2.45, 2.75) is 13.1 Å². The van der Waals surface area contributed by atoms with Crippen molar-refractivity contribution in [3.8, 4) is 11.4 Å². The van der Waals surface area contributed by atoms with Gasteiger partial charge in [0.25, 0.3) is 0 Å². The summed E-state index contributed by atoms with van der Waals surface area (Å²) in [5.74, 6) is -4.65. The van der Waals surface area contributed by atoms with Gasteiger partial charge in [-0.05, 0) is 24.3 Å². The summed E-state index contributed by atoms with van der Waals surface area (Å²) in [6.45, 7) is -1.86. The van der Waals surface area contributed by atoms with Gasteiger partial charge in [-0.1, -0.05) is 12.1 Å². The first-order chi connectivity index (χ1) is 15.1. The number of pyridine rings is 2. The molecule has 0 amide bonds. The molecule has 0 aliphatic rings. The molecule has 2 aromatic heterocycles. The fourth-order valence-corrected chi connectivity index (χ4v) is 2.98. The highest BCUT2D eigenvalue weighted by Crippen LogP contribution is 2.17. The Morgan fingerprint density at radius 3 is 1.19 bits per heavy atom. The monoisotopic (exact) mass is 446 g/mol. The molecule has 32 heavy (non-hydrogen) atoms. The zero-order valence-electron chi connectivity index (χ0n) is 16.9. The van der Waals surface area contributed by atoms with Crippen molar-refractivity contribution < 1.29 is 39.6 Å². The summed E-state index contributed by atoms with van der Waals surface area (Å²) >= 11 is 0. The first-order valence-corrected chi connectivity index (χ1v) is 9.36. The Labute approximate surface area is 182 Å². The van der Waals surface area contributed by atoms with E-state index in [4.69, 9.17) is 20.4 Å². The number of carboxylic acid groups (broad SMARTS) is 4. The van der Waals surface area contributed by atoms with Gasteiger partial charge in [-0.25, -0.2) is 9.97 Å². The minimum absolute atomic E-state index is 0.00285. The molecule has 0 unspecified atom stereocenters. The summed E-state index contributed by atoms with van der Waals surface area (Å²) in [6, 6.07) is 9.94. The molecule has 0 saturated heterocycles. The average molecular weight is 446 g/mol. The molecule has 0 aromatic carbocycles. The summed E-state index contributed by atoms with van der Waals surface area (Å²) in [5.41, 5.74) is 1.77. The van der Waals surface area contributed by atoms with Gasteiger partial charge in [0.15, 0.2) is 0 Å². The van der Waals surface area contributed by atoms with E-state index in [2.05, 4.69) is 9.97 Å². The van der Waals surface area contributed by atoms with Crippen molar-refractivity contribution in [1.29, 1.82) is 0 Å². The van der Waals surface area contributed by atoms with Gasteiger partial charge >= 0.3 is 23.9 Å². The molecule has 0 atom stereocenters. The Morgan fingerprint density at radius 1 is 0.594 bits per heavy atom. The van der Waals surface area contributed by atoms with Gasteiger partial charge < -0.3 is 20.4 Å². The Hall–Kier alpha value is -3.90. The van der Waals surface area contributed by atoms with Crippen LogP contribution in [0.25, 0.3) is 11.4 Å². The fraction of sp³-hybridized carbons (Fsp3) is 0.300. The lowest BCUT2D eigenvalue weighted by molar-refractivity contribution is -0.144. The van der Waals surface area contributed by atoms with Crippen molar-refractivity contribution in [2.75, 3.05) is 26.2 Å². The van der Waals surface area contributed by atoms with Crippen molar-refractivity contribution in [1.82, 2.24) is 19.8 Å². The van der Waals surface area contributed by atoms with Crippen molar-refractivity contribution in [3.63, 3.8) is 0 Å². The first-order valence-electron chi connectivity index (χ1n) is 9.36. The maximum absolute atomic E-state index is 11.0. The number of aliphatic carboxylic acids is 4. The zero-order valence-corrected chi connectivity index (χ0v) is 16.9. The second kappa shape index (κ2) is 11.5. The quantitative estimate of drug-likeness (QED) is 0.326. The molecule has 12 heteroatoms. The number of carbonyl (C=O) groups is 4. The van der Waals surface area contributed by atoms with Crippen LogP contribution in [0.1, 0.15) is 11.4 Å². The molecule has 2 heterocycles. The zero-order chi connectivity index (χ0) is 23.7. The number of aromatic nitrogens is 2. The molecular weight excluding hydrogens is 424 g/mol. The molecule has 170 valence electrons. The SMILES string of the molecule is O=C(O)CN(CC(=O)O)Cc1cccc(-c2cccc(CN(CC(=O)O)CC(=O)O)n2)n1. The topological polar surface area (TPSA) is 181 Å². The van der Waals surface area contributed by atoms with Gasteiger partial charge in [0, 0.05) is 13.1 Å². The molecule has 4 N–H and O–H groups in total. The van der Waals surface area contributed by atoms with Crippen molar-refractivity contribution in [2.24, 2.45) is 0 Å². The van der Waals surface area contributed by atoms with Crippen LogP contribution in [0.15, 0.2) is 36.4 Å². The lowest BCUT2D eigenvalue weighted by atomic mass is 10.2.